The van der Waals surface area contributed by atoms with Gasteiger partial charge in [-0.2, -0.15) is 0 Å². The van der Waals surface area contributed by atoms with Crippen molar-refractivity contribution in [2.24, 2.45) is 0 Å². The third-order valence-electron chi connectivity index (χ3n) is 3.46. The van der Waals surface area contributed by atoms with Crippen LogP contribution in [-0.4, -0.2) is 31.5 Å². The zero-order valence-corrected chi connectivity index (χ0v) is 14.1. The maximum Gasteiger partial charge on any atom is 0.319 e. The van der Waals surface area contributed by atoms with Gasteiger partial charge in [-0.15, -0.1) is 0 Å². The number of ether oxygens (including phenoxy) is 2. The molecule has 0 aliphatic carbocycles. The normalized spacial score (nSPS) is 10.2. The highest BCUT2D eigenvalue weighted by Crippen LogP contribution is 2.28. The summed E-state index contributed by atoms with van der Waals surface area (Å²) in [6, 6.07) is 9.28. The summed E-state index contributed by atoms with van der Waals surface area (Å²) in [5.41, 5.74) is 1.70. The first-order chi connectivity index (χ1) is 12.0. The molecule has 0 unspecified atom stereocenters. The zero-order valence-electron chi connectivity index (χ0n) is 14.1. The molecule has 0 aromatic heterocycles. The number of rotatable bonds is 7. The summed E-state index contributed by atoms with van der Waals surface area (Å²) < 4.78 is 24.1. The lowest BCUT2D eigenvalue weighted by atomic mass is 10.2. The molecule has 0 heterocycles. The van der Waals surface area contributed by atoms with Crippen LogP contribution < -0.4 is 20.1 Å². The fourth-order valence-electron chi connectivity index (χ4n) is 2.13. The predicted molar refractivity (Wildman–Crippen MR) is 92.6 cm³/mol. The van der Waals surface area contributed by atoms with Crippen molar-refractivity contribution >= 4 is 11.7 Å². The van der Waals surface area contributed by atoms with E-state index in [-0.39, 0.29) is 25.6 Å². The van der Waals surface area contributed by atoms with Crippen LogP contribution in [0.25, 0.3) is 0 Å². The number of carbonyl (C=O) groups excluding carboxylic acids is 1. The Hall–Kier alpha value is -2.80. The van der Waals surface area contributed by atoms with Crippen LogP contribution in [0, 0.1) is 12.7 Å². The molecule has 134 valence electrons. The first-order valence-electron chi connectivity index (χ1n) is 7.75. The molecule has 7 heteroatoms. The van der Waals surface area contributed by atoms with Crippen molar-refractivity contribution in [2.45, 2.75) is 13.5 Å². The molecular formula is C18H21FN2O4. The number of aliphatic hydroxyl groups excluding tert-OH is 1. The van der Waals surface area contributed by atoms with Gasteiger partial charge < -0.3 is 25.2 Å². The molecule has 0 radical (unpaired) electrons. The van der Waals surface area contributed by atoms with Crippen molar-refractivity contribution in [1.82, 2.24) is 5.32 Å². The van der Waals surface area contributed by atoms with Crippen LogP contribution in [0.2, 0.25) is 0 Å². The lowest BCUT2D eigenvalue weighted by molar-refractivity contribution is 0.196. The number of amides is 2. The first-order valence-corrected chi connectivity index (χ1v) is 7.75. The van der Waals surface area contributed by atoms with Crippen LogP contribution >= 0.6 is 0 Å². The molecule has 3 N–H and O–H groups in total. The molecule has 2 amide bonds. The van der Waals surface area contributed by atoms with E-state index in [0.29, 0.717) is 22.7 Å². The average Bonchev–Trinajstić information content (AvgIpc) is 2.61. The Bertz CT molecular complexity index is 737. The number of halogens is 1. The van der Waals surface area contributed by atoms with Crippen LogP contribution in [0.1, 0.15) is 11.1 Å². The summed E-state index contributed by atoms with van der Waals surface area (Å²) in [5.74, 6) is 0.648. The largest absolute Gasteiger partial charge is 0.493 e. The Kier molecular flexibility index (Phi) is 6.59. The Labute approximate surface area is 145 Å². The second-order valence-electron chi connectivity index (χ2n) is 5.33. The van der Waals surface area contributed by atoms with Gasteiger partial charge in [-0.3, -0.25) is 0 Å². The molecule has 0 saturated carbocycles. The van der Waals surface area contributed by atoms with Crippen molar-refractivity contribution in [3.63, 3.8) is 0 Å². The molecule has 2 aromatic carbocycles. The van der Waals surface area contributed by atoms with Crippen molar-refractivity contribution in [2.75, 3.05) is 25.6 Å². The lowest BCUT2D eigenvalue weighted by Crippen LogP contribution is -2.28. The number of carbonyl (C=O) groups is 1. The molecule has 2 rings (SSSR count). The maximum atomic E-state index is 13.5. The summed E-state index contributed by atoms with van der Waals surface area (Å²) in [6.45, 7) is 1.99. The minimum atomic E-state index is -0.442. The molecular weight excluding hydrogens is 327 g/mol. The number of methoxy groups -OCH3 is 1. The van der Waals surface area contributed by atoms with Crippen LogP contribution in [-0.2, 0) is 6.54 Å². The Balaban J connectivity index is 1.93. The van der Waals surface area contributed by atoms with Crippen molar-refractivity contribution in [1.29, 1.82) is 0 Å². The van der Waals surface area contributed by atoms with Gasteiger partial charge in [-0.25, -0.2) is 9.18 Å². The molecule has 2 aromatic rings. The highest BCUT2D eigenvalue weighted by Gasteiger charge is 2.08. The van der Waals surface area contributed by atoms with E-state index < -0.39 is 6.03 Å². The Morgan fingerprint density at radius 1 is 1.20 bits per heavy atom. The van der Waals surface area contributed by atoms with Gasteiger partial charge in [0.05, 0.1) is 13.7 Å². The van der Waals surface area contributed by atoms with Gasteiger partial charge >= 0.3 is 6.03 Å². The molecule has 0 bridgehead atoms. The van der Waals surface area contributed by atoms with Gasteiger partial charge in [0.1, 0.15) is 12.4 Å². The van der Waals surface area contributed by atoms with Gasteiger partial charge in [0.25, 0.3) is 0 Å². The average molecular weight is 348 g/mol. The number of aryl methyl sites for hydroxylation is 1. The number of benzene rings is 2. The fourth-order valence-corrected chi connectivity index (χ4v) is 2.13. The number of hydrogen-bond acceptors (Lipinski definition) is 4. The molecule has 0 fully saturated rings. The molecule has 0 aliphatic heterocycles. The minimum absolute atomic E-state index is 0.0910. The fraction of sp³-hybridized carbons (Fsp3) is 0.278. The van der Waals surface area contributed by atoms with E-state index in [1.165, 1.54) is 13.2 Å². The van der Waals surface area contributed by atoms with Gasteiger partial charge in [0, 0.05) is 12.2 Å². The highest BCUT2D eigenvalue weighted by atomic mass is 19.1. The SMILES string of the molecule is COc1cc(CNC(=O)Nc2ccc(C)c(F)c2)ccc1OCCO. The van der Waals surface area contributed by atoms with Crippen LogP contribution in [0.3, 0.4) is 0 Å². The van der Waals surface area contributed by atoms with Gasteiger partial charge in [-0.1, -0.05) is 12.1 Å². The maximum absolute atomic E-state index is 13.5. The Morgan fingerprint density at radius 3 is 2.68 bits per heavy atom. The van der Waals surface area contributed by atoms with E-state index in [0.717, 1.165) is 5.56 Å². The van der Waals surface area contributed by atoms with Gasteiger partial charge in [0.15, 0.2) is 11.5 Å². The summed E-state index contributed by atoms with van der Waals surface area (Å²) in [6.07, 6.45) is 0. The smallest absolute Gasteiger partial charge is 0.319 e. The first kappa shape index (κ1) is 18.5. The van der Waals surface area contributed by atoms with Crippen molar-refractivity contribution in [3.05, 3.63) is 53.3 Å². The van der Waals surface area contributed by atoms with Crippen LogP contribution in [0.15, 0.2) is 36.4 Å². The summed E-state index contributed by atoms with van der Waals surface area (Å²) in [5, 5.41) is 14.1. The summed E-state index contributed by atoms with van der Waals surface area (Å²) >= 11 is 0. The second kappa shape index (κ2) is 8.89. The van der Waals surface area contributed by atoms with Gasteiger partial charge in [0.2, 0.25) is 0 Å². The van der Waals surface area contributed by atoms with Crippen molar-refractivity contribution < 1.29 is 23.8 Å². The predicted octanol–water partition coefficient (Wildman–Crippen LogP) is 2.84. The van der Waals surface area contributed by atoms with Crippen LogP contribution in [0.4, 0.5) is 14.9 Å². The van der Waals surface area contributed by atoms with E-state index in [1.807, 2.05) is 0 Å². The van der Waals surface area contributed by atoms with Crippen molar-refractivity contribution in [3.8, 4) is 11.5 Å². The number of anilines is 1. The molecule has 0 spiro atoms. The summed E-state index contributed by atoms with van der Waals surface area (Å²) in [7, 11) is 1.51. The quantitative estimate of drug-likeness (QED) is 0.719. The number of aliphatic hydroxyl groups is 1. The van der Waals surface area contributed by atoms with E-state index in [4.69, 9.17) is 14.6 Å². The monoisotopic (exact) mass is 348 g/mol. The van der Waals surface area contributed by atoms with E-state index in [1.54, 1.807) is 37.3 Å². The highest BCUT2D eigenvalue weighted by molar-refractivity contribution is 5.89. The number of nitrogens with one attached hydrogen (secondary N) is 2. The Morgan fingerprint density at radius 2 is 2.00 bits per heavy atom. The number of urea groups is 1. The number of hydrogen-bond donors (Lipinski definition) is 3. The van der Waals surface area contributed by atoms with E-state index >= 15 is 0 Å². The lowest BCUT2D eigenvalue weighted by Gasteiger charge is -2.12. The van der Waals surface area contributed by atoms with E-state index in [9.17, 15) is 9.18 Å². The third kappa shape index (κ3) is 5.36. The second-order valence-corrected chi connectivity index (χ2v) is 5.33. The summed E-state index contributed by atoms with van der Waals surface area (Å²) in [4.78, 5) is 11.9. The standard InChI is InChI=1S/C18H21FN2O4/c1-12-3-5-14(10-15(12)19)21-18(23)20-11-13-4-6-16(25-8-7-22)17(9-13)24-2/h3-6,9-10,22H,7-8,11H2,1-2H3,(H2,20,21,23). The minimum Gasteiger partial charge on any atom is -0.493 e. The van der Waals surface area contributed by atoms with Gasteiger partial charge in [-0.05, 0) is 42.3 Å². The topological polar surface area (TPSA) is 79.8 Å². The third-order valence-corrected chi connectivity index (χ3v) is 3.46. The molecule has 25 heavy (non-hydrogen) atoms. The molecule has 0 atom stereocenters. The molecule has 0 saturated heterocycles. The van der Waals surface area contributed by atoms with E-state index in [2.05, 4.69) is 10.6 Å². The molecule has 0 aliphatic rings. The zero-order chi connectivity index (χ0) is 18.2. The van der Waals surface area contributed by atoms with Crippen LogP contribution in [0.5, 0.6) is 11.5 Å². The molecule has 6 nitrogen and oxygen atoms in total.